The first-order valence-electron chi connectivity index (χ1n) is 6.56. The topological polar surface area (TPSA) is 66.5 Å². The zero-order chi connectivity index (χ0) is 13.3. The standard InChI is InChI=1S/C12H22N2O3S/c1-9(2)7-18(16,17)8-12(15)14-5-10-3-13-4-11(10)6-14/h9-11,13H,3-8H2,1-2H3/t10-,11+. The summed E-state index contributed by atoms with van der Waals surface area (Å²) < 4.78 is 23.6. The van der Waals surface area contributed by atoms with Crippen LogP contribution in [0.5, 0.6) is 0 Å². The number of rotatable bonds is 4. The van der Waals surface area contributed by atoms with Crippen LogP contribution in [0.15, 0.2) is 0 Å². The molecule has 2 atom stereocenters. The second kappa shape index (κ2) is 5.17. The molecule has 2 aliphatic heterocycles. The van der Waals surface area contributed by atoms with E-state index in [1.165, 1.54) is 0 Å². The predicted octanol–water partition coefficient (Wildman–Crippen LogP) is -0.265. The summed E-state index contributed by atoms with van der Waals surface area (Å²) in [6, 6.07) is 0. The molecule has 104 valence electrons. The van der Waals surface area contributed by atoms with Gasteiger partial charge in [0.15, 0.2) is 9.84 Å². The van der Waals surface area contributed by atoms with Gasteiger partial charge in [0.1, 0.15) is 5.75 Å². The smallest absolute Gasteiger partial charge is 0.237 e. The van der Waals surface area contributed by atoms with E-state index >= 15 is 0 Å². The van der Waals surface area contributed by atoms with Crippen molar-refractivity contribution < 1.29 is 13.2 Å². The van der Waals surface area contributed by atoms with Crippen LogP contribution in [0.25, 0.3) is 0 Å². The minimum absolute atomic E-state index is 0.0740. The van der Waals surface area contributed by atoms with E-state index in [2.05, 4.69) is 5.32 Å². The molecule has 0 aliphatic carbocycles. The van der Waals surface area contributed by atoms with Gasteiger partial charge in [-0.2, -0.15) is 0 Å². The van der Waals surface area contributed by atoms with Crippen LogP contribution in [0.1, 0.15) is 13.8 Å². The molecular formula is C12H22N2O3S. The van der Waals surface area contributed by atoms with E-state index in [9.17, 15) is 13.2 Å². The number of fused-ring (bicyclic) bond motifs is 1. The number of carbonyl (C=O) groups is 1. The van der Waals surface area contributed by atoms with E-state index in [0.717, 1.165) is 13.1 Å². The third-order valence-electron chi connectivity index (χ3n) is 3.67. The first-order chi connectivity index (χ1) is 8.37. The molecule has 0 aromatic carbocycles. The van der Waals surface area contributed by atoms with Gasteiger partial charge < -0.3 is 10.2 Å². The Morgan fingerprint density at radius 2 is 1.83 bits per heavy atom. The molecule has 5 nitrogen and oxygen atoms in total. The fourth-order valence-corrected chi connectivity index (χ4v) is 4.60. The highest BCUT2D eigenvalue weighted by Crippen LogP contribution is 2.26. The lowest BCUT2D eigenvalue weighted by Gasteiger charge is -2.17. The van der Waals surface area contributed by atoms with Gasteiger partial charge >= 0.3 is 0 Å². The van der Waals surface area contributed by atoms with Crippen LogP contribution in [-0.4, -0.2) is 56.9 Å². The molecule has 0 aromatic heterocycles. The minimum Gasteiger partial charge on any atom is -0.341 e. The number of nitrogens with one attached hydrogen (secondary N) is 1. The molecule has 2 heterocycles. The third-order valence-corrected chi connectivity index (χ3v) is 5.53. The fraction of sp³-hybridized carbons (Fsp3) is 0.917. The Labute approximate surface area is 109 Å². The fourth-order valence-electron chi connectivity index (χ4n) is 2.91. The maximum atomic E-state index is 12.0. The maximum absolute atomic E-state index is 12.0. The number of carbonyl (C=O) groups excluding carboxylic acids is 1. The highest BCUT2D eigenvalue weighted by molar-refractivity contribution is 7.92. The Hall–Kier alpha value is -0.620. The van der Waals surface area contributed by atoms with Crippen LogP contribution >= 0.6 is 0 Å². The Morgan fingerprint density at radius 3 is 2.33 bits per heavy atom. The molecule has 0 radical (unpaired) electrons. The van der Waals surface area contributed by atoms with Gasteiger partial charge in [0.05, 0.1) is 5.75 Å². The SMILES string of the molecule is CC(C)CS(=O)(=O)CC(=O)N1C[C@H]2CNC[C@H]2C1. The quantitative estimate of drug-likeness (QED) is 0.767. The lowest BCUT2D eigenvalue weighted by atomic mass is 10.0. The van der Waals surface area contributed by atoms with Crippen LogP contribution in [0.2, 0.25) is 0 Å². The zero-order valence-electron chi connectivity index (χ0n) is 11.1. The van der Waals surface area contributed by atoms with E-state index in [4.69, 9.17) is 0 Å². The molecule has 2 rings (SSSR count). The normalized spacial score (nSPS) is 27.8. The molecule has 2 fully saturated rings. The second-order valence-electron chi connectivity index (χ2n) is 5.93. The van der Waals surface area contributed by atoms with Gasteiger partial charge in [0.25, 0.3) is 0 Å². The average Bonchev–Trinajstić information content (AvgIpc) is 2.71. The van der Waals surface area contributed by atoms with Gasteiger partial charge in [-0.25, -0.2) is 8.42 Å². The van der Waals surface area contributed by atoms with Gasteiger partial charge in [0.2, 0.25) is 5.91 Å². The number of hydrogen-bond donors (Lipinski definition) is 1. The van der Waals surface area contributed by atoms with Crippen molar-refractivity contribution in [2.24, 2.45) is 17.8 Å². The monoisotopic (exact) mass is 274 g/mol. The Bertz CT molecular complexity index is 407. The van der Waals surface area contributed by atoms with Gasteiger partial charge in [-0.1, -0.05) is 13.8 Å². The number of sulfone groups is 1. The summed E-state index contributed by atoms with van der Waals surface area (Å²) in [5.74, 6) is 0.664. The van der Waals surface area contributed by atoms with Crippen LogP contribution < -0.4 is 5.32 Å². The van der Waals surface area contributed by atoms with Crippen molar-refractivity contribution in [3.05, 3.63) is 0 Å². The average molecular weight is 274 g/mol. The molecular weight excluding hydrogens is 252 g/mol. The second-order valence-corrected chi connectivity index (χ2v) is 8.03. The van der Waals surface area contributed by atoms with Crippen molar-refractivity contribution in [1.29, 1.82) is 0 Å². The van der Waals surface area contributed by atoms with Gasteiger partial charge in [-0.3, -0.25) is 4.79 Å². The van der Waals surface area contributed by atoms with Crippen LogP contribution in [0, 0.1) is 17.8 Å². The van der Waals surface area contributed by atoms with Crippen molar-refractivity contribution >= 4 is 15.7 Å². The summed E-state index contributed by atoms with van der Waals surface area (Å²) in [5.41, 5.74) is 0. The minimum atomic E-state index is -3.25. The van der Waals surface area contributed by atoms with E-state index in [1.807, 2.05) is 13.8 Å². The molecule has 0 aromatic rings. The summed E-state index contributed by atoms with van der Waals surface area (Å²) in [6.07, 6.45) is 0. The van der Waals surface area contributed by atoms with Crippen LogP contribution in [-0.2, 0) is 14.6 Å². The molecule has 1 amide bonds. The van der Waals surface area contributed by atoms with Crippen LogP contribution in [0.3, 0.4) is 0 Å². The van der Waals surface area contributed by atoms with E-state index in [0.29, 0.717) is 24.9 Å². The van der Waals surface area contributed by atoms with Crippen molar-refractivity contribution in [3.63, 3.8) is 0 Å². The molecule has 6 heteroatoms. The third kappa shape index (κ3) is 3.23. The largest absolute Gasteiger partial charge is 0.341 e. The van der Waals surface area contributed by atoms with Gasteiger partial charge in [-0.05, 0) is 17.8 Å². The molecule has 0 unspecified atom stereocenters. The van der Waals surface area contributed by atoms with E-state index in [1.54, 1.807) is 4.90 Å². The highest BCUT2D eigenvalue weighted by Gasteiger charge is 2.38. The first-order valence-corrected chi connectivity index (χ1v) is 8.38. The summed E-state index contributed by atoms with van der Waals surface area (Å²) >= 11 is 0. The number of amides is 1. The van der Waals surface area contributed by atoms with E-state index < -0.39 is 9.84 Å². The molecule has 2 aliphatic rings. The molecule has 2 saturated heterocycles. The zero-order valence-corrected chi connectivity index (χ0v) is 11.9. The number of likely N-dealkylation sites (tertiary alicyclic amines) is 1. The molecule has 18 heavy (non-hydrogen) atoms. The number of hydrogen-bond acceptors (Lipinski definition) is 4. The Kier molecular flexibility index (Phi) is 3.96. The molecule has 0 bridgehead atoms. The molecule has 0 spiro atoms. The summed E-state index contributed by atoms with van der Waals surface area (Å²) in [6.45, 7) is 7.05. The summed E-state index contributed by atoms with van der Waals surface area (Å²) in [4.78, 5) is 13.7. The van der Waals surface area contributed by atoms with Crippen LogP contribution in [0.4, 0.5) is 0 Å². The lowest BCUT2D eigenvalue weighted by molar-refractivity contribution is -0.127. The highest BCUT2D eigenvalue weighted by atomic mass is 32.2. The number of nitrogens with zero attached hydrogens (tertiary/aromatic N) is 1. The van der Waals surface area contributed by atoms with Crippen molar-refractivity contribution in [1.82, 2.24) is 10.2 Å². The maximum Gasteiger partial charge on any atom is 0.237 e. The van der Waals surface area contributed by atoms with Gasteiger partial charge in [0, 0.05) is 26.2 Å². The Morgan fingerprint density at radius 1 is 1.28 bits per heavy atom. The predicted molar refractivity (Wildman–Crippen MR) is 69.9 cm³/mol. The summed E-state index contributed by atoms with van der Waals surface area (Å²) in [7, 11) is -3.25. The van der Waals surface area contributed by atoms with E-state index in [-0.39, 0.29) is 23.3 Å². The Balaban J connectivity index is 1.89. The summed E-state index contributed by atoms with van der Waals surface area (Å²) in [5, 5.41) is 3.30. The van der Waals surface area contributed by atoms with Crippen molar-refractivity contribution in [3.8, 4) is 0 Å². The van der Waals surface area contributed by atoms with Gasteiger partial charge in [-0.15, -0.1) is 0 Å². The molecule has 1 N–H and O–H groups in total. The van der Waals surface area contributed by atoms with Crippen molar-refractivity contribution in [2.75, 3.05) is 37.7 Å². The first kappa shape index (κ1) is 13.8. The van der Waals surface area contributed by atoms with Crippen molar-refractivity contribution in [2.45, 2.75) is 13.8 Å². The lowest BCUT2D eigenvalue weighted by Crippen LogP contribution is -2.37. The molecule has 0 saturated carbocycles.